The Morgan fingerprint density at radius 3 is 2.62 bits per heavy atom. The number of nitrogens with zero attached hydrogens (tertiary/aromatic N) is 2. The van der Waals surface area contributed by atoms with Crippen LogP contribution in [0, 0.1) is 17.0 Å². The molecule has 2 N–H and O–H groups in total. The van der Waals surface area contributed by atoms with Gasteiger partial charge in [-0.1, -0.05) is 12.1 Å². The number of aliphatic hydroxyl groups is 1. The lowest BCUT2D eigenvalue weighted by atomic mass is 10.0. The molecule has 1 rings (SSSR count). The summed E-state index contributed by atoms with van der Waals surface area (Å²) in [4.78, 5) is 12.5. The van der Waals surface area contributed by atoms with Crippen LogP contribution in [0.3, 0.4) is 0 Å². The Labute approximate surface area is 125 Å². The van der Waals surface area contributed by atoms with Gasteiger partial charge in [0.2, 0.25) is 0 Å². The van der Waals surface area contributed by atoms with Crippen LogP contribution >= 0.6 is 0 Å². The first-order chi connectivity index (χ1) is 9.62. The molecule has 0 fully saturated rings. The molecule has 1 aromatic rings. The summed E-state index contributed by atoms with van der Waals surface area (Å²) in [5, 5.41) is 24.5. The summed E-state index contributed by atoms with van der Waals surface area (Å²) in [6.07, 6.45) is 0. The van der Waals surface area contributed by atoms with E-state index < -0.39 is 5.60 Å². The fourth-order valence-corrected chi connectivity index (χ4v) is 2.32. The second-order valence-corrected chi connectivity index (χ2v) is 6.14. The van der Waals surface area contributed by atoms with Gasteiger partial charge in [-0.05, 0) is 40.4 Å². The molecular formula is C15H25N3O3. The van der Waals surface area contributed by atoms with Crippen molar-refractivity contribution in [3.63, 3.8) is 0 Å². The largest absolute Gasteiger partial charge is 0.388 e. The first-order valence-corrected chi connectivity index (χ1v) is 6.98. The second-order valence-electron chi connectivity index (χ2n) is 6.14. The van der Waals surface area contributed by atoms with Crippen LogP contribution in [0.5, 0.6) is 0 Å². The summed E-state index contributed by atoms with van der Waals surface area (Å²) >= 11 is 0. The summed E-state index contributed by atoms with van der Waals surface area (Å²) in [7, 11) is 3.81. The summed E-state index contributed by atoms with van der Waals surface area (Å²) in [6.45, 7) is 6.38. The van der Waals surface area contributed by atoms with Gasteiger partial charge in [-0.2, -0.15) is 0 Å². The molecule has 1 aromatic carbocycles. The number of rotatable bonds is 7. The SMILES string of the molecule is Cc1ccc(C(C)NCC(C)(O)CN(C)C)cc1[N+](=O)[O-]. The maximum absolute atomic E-state index is 11.0. The Morgan fingerprint density at radius 1 is 1.48 bits per heavy atom. The molecule has 6 nitrogen and oxygen atoms in total. The summed E-state index contributed by atoms with van der Waals surface area (Å²) < 4.78 is 0. The van der Waals surface area contributed by atoms with E-state index in [1.54, 1.807) is 26.0 Å². The quantitative estimate of drug-likeness (QED) is 0.593. The van der Waals surface area contributed by atoms with Gasteiger partial charge in [-0.3, -0.25) is 10.1 Å². The molecule has 2 atom stereocenters. The van der Waals surface area contributed by atoms with Crippen molar-refractivity contribution in [1.82, 2.24) is 10.2 Å². The van der Waals surface area contributed by atoms with Gasteiger partial charge in [0.25, 0.3) is 5.69 Å². The molecule has 0 radical (unpaired) electrons. The van der Waals surface area contributed by atoms with Gasteiger partial charge in [0, 0.05) is 30.8 Å². The van der Waals surface area contributed by atoms with E-state index in [0.717, 1.165) is 5.56 Å². The second kappa shape index (κ2) is 6.98. The smallest absolute Gasteiger partial charge is 0.272 e. The number of nitrogens with one attached hydrogen (secondary N) is 1. The van der Waals surface area contributed by atoms with Crippen LogP contribution in [-0.2, 0) is 0 Å². The molecule has 0 aliphatic heterocycles. The van der Waals surface area contributed by atoms with Gasteiger partial charge < -0.3 is 15.3 Å². The van der Waals surface area contributed by atoms with Crippen LogP contribution in [0.4, 0.5) is 5.69 Å². The van der Waals surface area contributed by atoms with Gasteiger partial charge in [0.15, 0.2) is 0 Å². The molecule has 0 saturated carbocycles. The van der Waals surface area contributed by atoms with Crippen LogP contribution in [0.15, 0.2) is 18.2 Å². The first kappa shape index (κ1) is 17.6. The molecule has 0 aliphatic rings. The number of hydrogen-bond acceptors (Lipinski definition) is 5. The first-order valence-electron chi connectivity index (χ1n) is 6.98. The minimum atomic E-state index is -0.853. The van der Waals surface area contributed by atoms with E-state index in [9.17, 15) is 15.2 Å². The van der Waals surface area contributed by atoms with E-state index in [1.807, 2.05) is 32.0 Å². The van der Waals surface area contributed by atoms with Crippen LogP contribution < -0.4 is 5.32 Å². The van der Waals surface area contributed by atoms with E-state index >= 15 is 0 Å². The fourth-order valence-electron chi connectivity index (χ4n) is 2.32. The summed E-state index contributed by atoms with van der Waals surface area (Å²) in [5.74, 6) is 0. The van der Waals surface area contributed by atoms with Gasteiger partial charge in [-0.25, -0.2) is 0 Å². The average molecular weight is 295 g/mol. The zero-order chi connectivity index (χ0) is 16.2. The third-order valence-corrected chi connectivity index (χ3v) is 3.38. The Balaban J connectivity index is 2.74. The highest BCUT2D eigenvalue weighted by Crippen LogP contribution is 2.23. The highest BCUT2D eigenvalue weighted by atomic mass is 16.6. The lowest BCUT2D eigenvalue weighted by Crippen LogP contribution is -2.46. The van der Waals surface area contributed by atoms with Crippen molar-refractivity contribution in [3.8, 4) is 0 Å². The lowest BCUT2D eigenvalue weighted by molar-refractivity contribution is -0.385. The molecule has 2 unspecified atom stereocenters. The predicted molar refractivity (Wildman–Crippen MR) is 83.4 cm³/mol. The molecule has 0 heterocycles. The highest BCUT2D eigenvalue weighted by Gasteiger charge is 2.22. The lowest BCUT2D eigenvalue weighted by Gasteiger charge is -2.29. The van der Waals surface area contributed by atoms with Crippen molar-refractivity contribution in [2.24, 2.45) is 0 Å². The molecule has 0 spiro atoms. The van der Waals surface area contributed by atoms with E-state index in [1.165, 1.54) is 0 Å². The molecule has 0 aromatic heterocycles. The van der Waals surface area contributed by atoms with Crippen LogP contribution in [0.25, 0.3) is 0 Å². The van der Waals surface area contributed by atoms with Crippen molar-refractivity contribution in [3.05, 3.63) is 39.4 Å². The van der Waals surface area contributed by atoms with Gasteiger partial charge in [0.05, 0.1) is 10.5 Å². The predicted octanol–water partition coefficient (Wildman–Crippen LogP) is 1.87. The highest BCUT2D eigenvalue weighted by molar-refractivity contribution is 5.43. The van der Waals surface area contributed by atoms with Crippen molar-refractivity contribution < 1.29 is 10.0 Å². The van der Waals surface area contributed by atoms with Crippen LogP contribution in [0.2, 0.25) is 0 Å². The van der Waals surface area contributed by atoms with E-state index in [4.69, 9.17) is 0 Å². The molecule has 6 heteroatoms. The van der Waals surface area contributed by atoms with Gasteiger partial charge in [0.1, 0.15) is 0 Å². The van der Waals surface area contributed by atoms with E-state index in [0.29, 0.717) is 18.7 Å². The maximum Gasteiger partial charge on any atom is 0.272 e. The fraction of sp³-hybridized carbons (Fsp3) is 0.600. The number of nitro benzene ring substituents is 1. The molecule has 0 amide bonds. The molecule has 0 aliphatic carbocycles. The Kier molecular flexibility index (Phi) is 5.83. The van der Waals surface area contributed by atoms with E-state index in [-0.39, 0.29) is 16.7 Å². The van der Waals surface area contributed by atoms with Crippen molar-refractivity contribution in [2.45, 2.75) is 32.4 Å². The van der Waals surface area contributed by atoms with Crippen molar-refractivity contribution >= 4 is 5.69 Å². The number of benzene rings is 1. The Bertz CT molecular complexity index is 501. The Hall–Kier alpha value is -1.50. The minimum Gasteiger partial charge on any atom is -0.388 e. The molecule has 21 heavy (non-hydrogen) atoms. The number of nitro groups is 1. The van der Waals surface area contributed by atoms with E-state index in [2.05, 4.69) is 5.32 Å². The topological polar surface area (TPSA) is 78.6 Å². The third kappa shape index (κ3) is 5.41. The summed E-state index contributed by atoms with van der Waals surface area (Å²) in [5.41, 5.74) is 0.763. The monoisotopic (exact) mass is 295 g/mol. The zero-order valence-electron chi connectivity index (χ0n) is 13.4. The van der Waals surface area contributed by atoms with Crippen LogP contribution in [-0.4, -0.2) is 47.7 Å². The molecule has 0 saturated heterocycles. The third-order valence-electron chi connectivity index (χ3n) is 3.38. The number of aryl methyl sites for hydroxylation is 1. The number of likely N-dealkylation sites (N-methyl/N-ethyl adjacent to an activating group) is 1. The normalized spacial score (nSPS) is 15.8. The molecule has 0 bridgehead atoms. The van der Waals surface area contributed by atoms with Crippen molar-refractivity contribution in [1.29, 1.82) is 0 Å². The Morgan fingerprint density at radius 2 is 2.10 bits per heavy atom. The summed E-state index contributed by atoms with van der Waals surface area (Å²) in [6, 6.07) is 5.15. The van der Waals surface area contributed by atoms with Gasteiger partial charge >= 0.3 is 0 Å². The average Bonchev–Trinajstić information content (AvgIpc) is 2.34. The molecule has 118 valence electrons. The molecular weight excluding hydrogens is 270 g/mol. The van der Waals surface area contributed by atoms with Crippen LogP contribution in [0.1, 0.15) is 31.0 Å². The standard InChI is InChI=1S/C15H25N3O3/c1-11-6-7-13(8-14(11)18(20)21)12(2)16-9-15(3,19)10-17(4)5/h6-8,12,16,19H,9-10H2,1-5H3. The number of hydrogen-bond donors (Lipinski definition) is 2. The van der Waals surface area contributed by atoms with Gasteiger partial charge in [-0.15, -0.1) is 0 Å². The zero-order valence-corrected chi connectivity index (χ0v) is 13.4. The maximum atomic E-state index is 11.0. The minimum absolute atomic E-state index is 0.0714. The van der Waals surface area contributed by atoms with Crippen molar-refractivity contribution in [2.75, 3.05) is 27.2 Å².